The lowest BCUT2D eigenvalue weighted by Crippen LogP contribution is -2.69. The van der Waals surface area contributed by atoms with Crippen molar-refractivity contribution in [2.75, 3.05) is 27.5 Å². The predicted molar refractivity (Wildman–Crippen MR) is 152 cm³/mol. The van der Waals surface area contributed by atoms with Crippen LogP contribution >= 0.6 is 0 Å². The number of aliphatic hydroxyl groups is 1. The summed E-state index contributed by atoms with van der Waals surface area (Å²) in [7, 11) is 3.51. The van der Waals surface area contributed by atoms with E-state index in [2.05, 4.69) is 10.2 Å². The van der Waals surface area contributed by atoms with Crippen LogP contribution in [0.5, 0.6) is 28.7 Å². The fraction of sp³-hybridized carbons (Fsp3) is 0.548. The van der Waals surface area contributed by atoms with Gasteiger partial charge in [0.2, 0.25) is 12.7 Å². The summed E-state index contributed by atoms with van der Waals surface area (Å²) in [6.07, 6.45) is 1.10. The van der Waals surface area contributed by atoms with Gasteiger partial charge in [-0.1, -0.05) is 13.0 Å². The van der Waals surface area contributed by atoms with Crippen LogP contribution in [0, 0.1) is 13.8 Å². The molecule has 11 nitrogen and oxygen atoms in total. The molecule has 4 aliphatic heterocycles. The van der Waals surface area contributed by atoms with Crippen molar-refractivity contribution in [2.45, 2.75) is 83.8 Å². The quantitative estimate of drug-likeness (QED) is 0.346. The van der Waals surface area contributed by atoms with Crippen molar-refractivity contribution in [3.8, 4) is 28.7 Å². The minimum Gasteiger partial charge on any atom is -0.504 e. The van der Waals surface area contributed by atoms with Gasteiger partial charge in [0.1, 0.15) is 12.0 Å². The van der Waals surface area contributed by atoms with E-state index in [0.29, 0.717) is 54.2 Å². The minimum absolute atomic E-state index is 0.0153. The van der Waals surface area contributed by atoms with Gasteiger partial charge in [-0.25, -0.2) is 0 Å². The lowest BCUT2D eigenvalue weighted by molar-refractivity contribution is -0.172. The SMILES string of the molecule is CCCC(=O)NC[C@H]1c2c(c(OC(C)=O)c(C)c3c2OCO3)CC2[C@H]3c4c(cc(C)c(OC)c4O)C[C@@H](C(O)N21)N3C. The van der Waals surface area contributed by atoms with E-state index >= 15 is 0 Å². The van der Waals surface area contributed by atoms with Crippen LogP contribution in [0.1, 0.15) is 72.2 Å². The number of esters is 1. The number of hydrogen-bond acceptors (Lipinski definition) is 10. The number of hydrogen-bond donors (Lipinski definition) is 3. The third-order valence-electron chi connectivity index (χ3n) is 9.31. The molecule has 11 heteroatoms. The number of phenols is 1. The van der Waals surface area contributed by atoms with Gasteiger partial charge in [0.25, 0.3) is 0 Å². The van der Waals surface area contributed by atoms with Crippen molar-refractivity contribution >= 4 is 11.9 Å². The second-order valence-electron chi connectivity index (χ2n) is 11.7. The molecule has 4 heterocycles. The number of piperazine rings is 1. The fourth-order valence-corrected chi connectivity index (χ4v) is 7.65. The van der Waals surface area contributed by atoms with Crippen molar-refractivity contribution in [1.29, 1.82) is 0 Å². The first-order valence-electron chi connectivity index (χ1n) is 14.6. The lowest BCUT2D eigenvalue weighted by Gasteiger charge is -2.60. The molecule has 1 amide bonds. The van der Waals surface area contributed by atoms with Gasteiger partial charge in [0.15, 0.2) is 23.0 Å². The Kier molecular flexibility index (Phi) is 7.23. The molecule has 42 heavy (non-hydrogen) atoms. The van der Waals surface area contributed by atoms with Crippen LogP contribution in [0.2, 0.25) is 0 Å². The van der Waals surface area contributed by atoms with Crippen molar-refractivity contribution in [3.05, 3.63) is 39.4 Å². The standard InChI is InChI=1S/C31H39N3O8/c1-7-8-22(36)32-12-21-24-18(28(42-16(4)35)15(3)29-30(24)41-13-40-29)11-19-25-23-17(9-14(2)27(39-6)26(23)37)10-20(33(25)5)31(38)34(19)21/h9,19-21,25,31,37-38H,7-8,10-13H2,1-6H3,(H,32,36)/t19?,20-,21-,25-,31?/m0/s1. The monoisotopic (exact) mass is 581 g/mol. The molecule has 0 radical (unpaired) electrons. The topological polar surface area (TPSA) is 130 Å². The summed E-state index contributed by atoms with van der Waals surface area (Å²) in [5, 5.41) is 26.7. The Morgan fingerprint density at radius 1 is 1.12 bits per heavy atom. The molecule has 2 aromatic rings. The molecule has 1 saturated heterocycles. The number of aryl methyl sites for hydroxylation is 1. The number of carbonyl (C=O) groups is 2. The minimum atomic E-state index is -0.897. The predicted octanol–water partition coefficient (Wildman–Crippen LogP) is 2.79. The molecular formula is C31H39N3O8. The smallest absolute Gasteiger partial charge is 0.308 e. The first kappa shape index (κ1) is 28.6. The number of nitrogens with zero attached hydrogens (tertiary/aromatic N) is 2. The highest BCUT2D eigenvalue weighted by Gasteiger charge is 2.56. The van der Waals surface area contributed by atoms with E-state index in [9.17, 15) is 19.8 Å². The molecule has 4 aliphatic rings. The molecule has 0 aliphatic carbocycles. The Hall–Kier alpha value is -3.54. The van der Waals surface area contributed by atoms with Crippen LogP contribution in [0.25, 0.3) is 0 Å². The summed E-state index contributed by atoms with van der Waals surface area (Å²) in [5.41, 5.74) is 4.73. The lowest BCUT2D eigenvalue weighted by atomic mass is 9.73. The van der Waals surface area contributed by atoms with Crippen LogP contribution in [-0.2, 0) is 22.4 Å². The average molecular weight is 582 g/mol. The van der Waals surface area contributed by atoms with Crippen LogP contribution in [0.4, 0.5) is 0 Å². The van der Waals surface area contributed by atoms with Gasteiger partial charge in [0.05, 0.1) is 25.2 Å². The Balaban J connectivity index is 1.57. The normalized spacial score (nSPS) is 25.7. The summed E-state index contributed by atoms with van der Waals surface area (Å²) in [6.45, 7) is 7.27. The number of amides is 1. The van der Waals surface area contributed by atoms with Gasteiger partial charge in [-0.05, 0) is 51.3 Å². The second-order valence-corrected chi connectivity index (χ2v) is 11.7. The number of aliphatic hydroxyl groups excluding tert-OH is 1. The molecule has 3 N–H and O–H groups in total. The highest BCUT2D eigenvalue weighted by atomic mass is 16.7. The zero-order valence-electron chi connectivity index (χ0n) is 24.9. The number of phenolic OH excluding ortho intramolecular Hbond substituents is 1. The molecule has 0 spiro atoms. The molecule has 2 unspecified atom stereocenters. The highest BCUT2D eigenvalue weighted by molar-refractivity contribution is 5.76. The summed E-state index contributed by atoms with van der Waals surface area (Å²) in [5.74, 6) is 1.43. The van der Waals surface area contributed by atoms with Gasteiger partial charge in [-0.15, -0.1) is 0 Å². The molecular weight excluding hydrogens is 542 g/mol. The van der Waals surface area contributed by atoms with Crippen molar-refractivity contribution in [1.82, 2.24) is 15.1 Å². The van der Waals surface area contributed by atoms with E-state index in [1.807, 2.05) is 38.8 Å². The van der Waals surface area contributed by atoms with Crippen LogP contribution < -0.4 is 24.3 Å². The molecule has 1 fully saturated rings. The van der Waals surface area contributed by atoms with Gasteiger partial charge < -0.3 is 34.5 Å². The van der Waals surface area contributed by atoms with E-state index < -0.39 is 18.2 Å². The molecule has 0 aromatic heterocycles. The van der Waals surface area contributed by atoms with Crippen LogP contribution in [0.15, 0.2) is 6.07 Å². The third kappa shape index (κ3) is 4.20. The molecule has 2 bridgehead atoms. The van der Waals surface area contributed by atoms with E-state index in [-0.39, 0.29) is 43.1 Å². The molecule has 5 atom stereocenters. The molecule has 2 aromatic carbocycles. The van der Waals surface area contributed by atoms with E-state index in [1.165, 1.54) is 6.92 Å². The van der Waals surface area contributed by atoms with Crippen LogP contribution in [-0.4, -0.2) is 77.7 Å². The number of likely N-dealkylation sites (N-methyl/N-ethyl adjacent to an activating group) is 1. The Bertz CT molecular complexity index is 1460. The number of aromatic hydroxyl groups is 1. The third-order valence-corrected chi connectivity index (χ3v) is 9.31. The zero-order chi connectivity index (χ0) is 30.0. The number of fused-ring (bicyclic) bond motifs is 9. The number of nitrogens with one attached hydrogen (secondary N) is 1. The number of benzene rings is 2. The number of methoxy groups -OCH3 is 1. The largest absolute Gasteiger partial charge is 0.504 e. The summed E-state index contributed by atoms with van der Waals surface area (Å²) in [6, 6.07) is 0.567. The van der Waals surface area contributed by atoms with Gasteiger partial charge in [0, 0.05) is 48.2 Å². The van der Waals surface area contributed by atoms with Gasteiger partial charge in [-0.3, -0.25) is 19.4 Å². The first-order chi connectivity index (χ1) is 20.1. The molecule has 0 saturated carbocycles. The maximum Gasteiger partial charge on any atom is 0.308 e. The maximum atomic E-state index is 12.7. The summed E-state index contributed by atoms with van der Waals surface area (Å²) < 4.78 is 23.3. The van der Waals surface area contributed by atoms with E-state index in [0.717, 1.165) is 27.8 Å². The average Bonchev–Trinajstić information content (AvgIpc) is 3.43. The zero-order valence-corrected chi connectivity index (χ0v) is 24.9. The Morgan fingerprint density at radius 2 is 1.86 bits per heavy atom. The van der Waals surface area contributed by atoms with Crippen molar-refractivity contribution < 1.29 is 38.7 Å². The maximum absolute atomic E-state index is 12.7. The van der Waals surface area contributed by atoms with Crippen molar-refractivity contribution in [3.63, 3.8) is 0 Å². The highest BCUT2D eigenvalue weighted by Crippen LogP contribution is 2.58. The second kappa shape index (κ2) is 10.6. The van der Waals surface area contributed by atoms with Gasteiger partial charge in [-0.2, -0.15) is 0 Å². The van der Waals surface area contributed by atoms with Crippen molar-refractivity contribution in [2.24, 2.45) is 0 Å². The first-order valence-corrected chi connectivity index (χ1v) is 14.6. The van der Waals surface area contributed by atoms with E-state index in [4.69, 9.17) is 18.9 Å². The van der Waals surface area contributed by atoms with Crippen LogP contribution in [0.3, 0.4) is 0 Å². The number of rotatable bonds is 6. The number of ether oxygens (including phenoxy) is 4. The Morgan fingerprint density at radius 3 is 2.55 bits per heavy atom. The van der Waals surface area contributed by atoms with Gasteiger partial charge >= 0.3 is 5.97 Å². The number of carbonyl (C=O) groups excluding carboxylic acids is 2. The molecule has 6 rings (SSSR count). The fourth-order valence-electron chi connectivity index (χ4n) is 7.65. The summed E-state index contributed by atoms with van der Waals surface area (Å²) >= 11 is 0. The van der Waals surface area contributed by atoms with E-state index in [1.54, 1.807) is 7.11 Å². The molecule has 226 valence electrons. The Labute approximate surface area is 245 Å². The summed E-state index contributed by atoms with van der Waals surface area (Å²) in [4.78, 5) is 29.2.